The number of esters is 1. The summed E-state index contributed by atoms with van der Waals surface area (Å²) in [6, 6.07) is 5.83. The van der Waals surface area contributed by atoms with Crippen LogP contribution in [-0.2, 0) is 22.4 Å². The van der Waals surface area contributed by atoms with Crippen LogP contribution >= 0.6 is 0 Å². The van der Waals surface area contributed by atoms with Gasteiger partial charge in [-0.2, -0.15) is 0 Å². The fraction of sp³-hybridized carbons (Fsp3) is 0.409. The highest BCUT2D eigenvalue weighted by Crippen LogP contribution is 2.26. The van der Waals surface area contributed by atoms with Crippen LogP contribution in [0.1, 0.15) is 63.5 Å². The summed E-state index contributed by atoms with van der Waals surface area (Å²) in [5.41, 5.74) is 4.59. The number of rotatable bonds is 7. The fourth-order valence-electron chi connectivity index (χ4n) is 3.79. The predicted molar refractivity (Wildman–Crippen MR) is 104 cm³/mol. The van der Waals surface area contributed by atoms with Crippen LogP contribution in [0.2, 0.25) is 0 Å². The van der Waals surface area contributed by atoms with Crippen molar-refractivity contribution in [1.82, 2.24) is 4.98 Å². The molecule has 0 bridgehead atoms. The molecule has 0 amide bonds. The van der Waals surface area contributed by atoms with E-state index in [-0.39, 0.29) is 18.2 Å². The second-order valence-electron chi connectivity index (χ2n) is 7.25. The Labute approximate surface area is 164 Å². The lowest BCUT2D eigenvalue weighted by molar-refractivity contribution is -0.148. The van der Waals surface area contributed by atoms with Crippen molar-refractivity contribution in [1.29, 1.82) is 0 Å². The molecule has 0 saturated carbocycles. The molecule has 6 nitrogen and oxygen atoms in total. The highest BCUT2D eigenvalue weighted by atomic mass is 16.6. The highest BCUT2D eigenvalue weighted by Gasteiger charge is 2.26. The van der Waals surface area contributed by atoms with Gasteiger partial charge >= 0.3 is 5.97 Å². The van der Waals surface area contributed by atoms with Crippen molar-refractivity contribution in [3.63, 3.8) is 0 Å². The van der Waals surface area contributed by atoms with Crippen molar-refractivity contribution in [2.24, 2.45) is 0 Å². The van der Waals surface area contributed by atoms with Gasteiger partial charge in [0, 0.05) is 11.3 Å². The number of Topliss-reactive ketones (excluding diaryl/α,β-unsaturated/α-hetero) is 2. The van der Waals surface area contributed by atoms with Crippen LogP contribution in [0.5, 0.6) is 5.75 Å². The molecular formula is C22H25NO5. The third-order valence-corrected chi connectivity index (χ3v) is 5.14. The Hall–Kier alpha value is -2.89. The first-order valence-corrected chi connectivity index (χ1v) is 9.46. The fourth-order valence-corrected chi connectivity index (χ4v) is 3.79. The molecule has 28 heavy (non-hydrogen) atoms. The van der Waals surface area contributed by atoms with Crippen molar-refractivity contribution in [3.8, 4) is 5.75 Å². The number of carbonyl (C=O) groups is 3. The topological polar surface area (TPSA) is 85.5 Å². The van der Waals surface area contributed by atoms with Gasteiger partial charge in [0.15, 0.2) is 18.5 Å². The first-order chi connectivity index (χ1) is 13.3. The Morgan fingerprint density at radius 3 is 2.54 bits per heavy atom. The van der Waals surface area contributed by atoms with Gasteiger partial charge in [0.2, 0.25) is 5.78 Å². The molecule has 1 aromatic carbocycles. The zero-order chi connectivity index (χ0) is 20.4. The molecule has 0 radical (unpaired) electrons. The molecule has 1 aromatic heterocycles. The Bertz CT molecular complexity index is 941. The van der Waals surface area contributed by atoms with Gasteiger partial charge in [-0.1, -0.05) is 6.07 Å². The van der Waals surface area contributed by atoms with Gasteiger partial charge in [-0.15, -0.1) is 0 Å². The summed E-state index contributed by atoms with van der Waals surface area (Å²) in [6.45, 7) is 6.15. The van der Waals surface area contributed by atoms with E-state index in [4.69, 9.17) is 9.47 Å². The zero-order valence-corrected chi connectivity index (χ0v) is 16.7. The number of fused-ring (bicyclic) bond motifs is 1. The Kier molecular flexibility index (Phi) is 5.68. The Morgan fingerprint density at radius 1 is 1.14 bits per heavy atom. The third-order valence-electron chi connectivity index (χ3n) is 5.14. The summed E-state index contributed by atoms with van der Waals surface area (Å²) >= 11 is 0. The predicted octanol–water partition coefficient (Wildman–Crippen LogP) is 3.52. The quantitative estimate of drug-likeness (QED) is 0.584. The van der Waals surface area contributed by atoms with E-state index in [0.29, 0.717) is 28.3 Å². The molecule has 1 N–H and O–H groups in total. The third kappa shape index (κ3) is 4.01. The minimum absolute atomic E-state index is 0.113. The number of aromatic amines is 1. The van der Waals surface area contributed by atoms with Crippen LogP contribution in [0, 0.1) is 13.8 Å². The van der Waals surface area contributed by atoms with Gasteiger partial charge in [0.05, 0.1) is 5.69 Å². The van der Waals surface area contributed by atoms with E-state index in [0.717, 1.165) is 19.3 Å². The Morgan fingerprint density at radius 2 is 1.86 bits per heavy atom. The second kappa shape index (κ2) is 8.00. The van der Waals surface area contributed by atoms with Crippen LogP contribution in [0.3, 0.4) is 0 Å². The van der Waals surface area contributed by atoms with E-state index >= 15 is 0 Å². The molecular weight excluding hydrogens is 358 g/mol. The molecule has 0 unspecified atom stereocenters. The smallest absolute Gasteiger partial charge is 0.344 e. The number of hydrogen-bond acceptors (Lipinski definition) is 5. The van der Waals surface area contributed by atoms with Crippen LogP contribution in [0.4, 0.5) is 0 Å². The maximum Gasteiger partial charge on any atom is 0.344 e. The summed E-state index contributed by atoms with van der Waals surface area (Å²) in [5.74, 6) is -0.482. The lowest BCUT2D eigenvalue weighted by Gasteiger charge is -2.13. The average molecular weight is 383 g/mol. The lowest BCUT2D eigenvalue weighted by Crippen LogP contribution is -2.28. The van der Waals surface area contributed by atoms with E-state index in [2.05, 4.69) is 4.98 Å². The summed E-state index contributed by atoms with van der Waals surface area (Å²) in [4.78, 5) is 39.4. The monoisotopic (exact) mass is 383 g/mol. The summed E-state index contributed by atoms with van der Waals surface area (Å²) in [6.07, 6.45) is 2.27. The number of nitrogens with one attached hydrogen (secondary N) is 1. The first kappa shape index (κ1) is 19.9. The van der Waals surface area contributed by atoms with E-state index in [1.165, 1.54) is 25.0 Å². The summed E-state index contributed by atoms with van der Waals surface area (Å²) < 4.78 is 10.7. The molecule has 2 aromatic rings. The van der Waals surface area contributed by atoms with Crippen molar-refractivity contribution < 1.29 is 23.9 Å². The van der Waals surface area contributed by atoms with Crippen molar-refractivity contribution in [3.05, 3.63) is 51.8 Å². The minimum Gasteiger partial charge on any atom is -0.482 e. The number of ether oxygens (including phenoxy) is 2. The summed E-state index contributed by atoms with van der Waals surface area (Å²) in [5, 5.41) is 0. The van der Waals surface area contributed by atoms with Gasteiger partial charge in [0.1, 0.15) is 5.75 Å². The second-order valence-corrected chi connectivity index (χ2v) is 7.25. The van der Waals surface area contributed by atoms with Crippen LogP contribution < -0.4 is 4.74 Å². The van der Waals surface area contributed by atoms with Gasteiger partial charge in [-0.3, -0.25) is 9.59 Å². The van der Waals surface area contributed by atoms with E-state index in [1.807, 2.05) is 18.2 Å². The zero-order valence-electron chi connectivity index (χ0n) is 16.7. The maximum absolute atomic E-state index is 12.6. The minimum atomic E-state index is -0.979. The number of aromatic nitrogens is 1. The van der Waals surface area contributed by atoms with Gasteiger partial charge in [-0.25, -0.2) is 4.79 Å². The number of benzene rings is 1. The molecule has 3 rings (SSSR count). The van der Waals surface area contributed by atoms with E-state index in [9.17, 15) is 14.4 Å². The Balaban J connectivity index is 1.59. The standard InChI is InChI=1S/C22H25NO5/c1-12-20(14(3)24)13(2)23-21(12)22(26)15(4)28-19(25)11-27-18-9-8-16-6-5-7-17(16)10-18/h8-10,15,23H,5-7,11H2,1-4H3/t15-/m1/s1. The van der Waals surface area contributed by atoms with E-state index < -0.39 is 12.1 Å². The van der Waals surface area contributed by atoms with Crippen LogP contribution in [0.25, 0.3) is 0 Å². The molecule has 0 aliphatic heterocycles. The largest absolute Gasteiger partial charge is 0.482 e. The average Bonchev–Trinajstić information content (AvgIpc) is 3.22. The molecule has 0 spiro atoms. The van der Waals surface area contributed by atoms with Crippen LogP contribution in [0.15, 0.2) is 18.2 Å². The maximum atomic E-state index is 12.6. The van der Waals surface area contributed by atoms with Gasteiger partial charge in [-0.05, 0) is 75.8 Å². The van der Waals surface area contributed by atoms with Gasteiger partial charge < -0.3 is 14.5 Å². The molecule has 1 aliphatic rings. The van der Waals surface area contributed by atoms with Crippen molar-refractivity contribution >= 4 is 17.5 Å². The first-order valence-electron chi connectivity index (χ1n) is 9.46. The van der Waals surface area contributed by atoms with Gasteiger partial charge in [0.25, 0.3) is 0 Å². The number of hydrogen-bond donors (Lipinski definition) is 1. The normalized spacial score (nSPS) is 13.7. The number of ketones is 2. The molecule has 0 saturated heterocycles. The molecule has 0 fully saturated rings. The SMILES string of the molecule is CC(=O)c1c(C)[nH]c(C(=O)[C@@H](C)OC(=O)COc2ccc3c(c2)CCC3)c1C. The number of aryl methyl sites for hydroxylation is 3. The molecule has 1 atom stereocenters. The molecule has 1 heterocycles. The lowest BCUT2D eigenvalue weighted by atomic mass is 10.0. The number of H-pyrrole nitrogens is 1. The van der Waals surface area contributed by atoms with E-state index in [1.54, 1.807) is 13.8 Å². The molecule has 148 valence electrons. The number of carbonyl (C=O) groups excluding carboxylic acids is 3. The van der Waals surface area contributed by atoms with Crippen LogP contribution in [-0.4, -0.2) is 35.2 Å². The summed E-state index contributed by atoms with van der Waals surface area (Å²) in [7, 11) is 0. The molecule has 1 aliphatic carbocycles. The molecule has 6 heteroatoms. The van der Waals surface area contributed by atoms with Crippen molar-refractivity contribution in [2.75, 3.05) is 6.61 Å². The van der Waals surface area contributed by atoms with Crippen molar-refractivity contribution in [2.45, 2.75) is 53.1 Å². The highest BCUT2D eigenvalue weighted by molar-refractivity contribution is 6.05.